The van der Waals surface area contributed by atoms with Gasteiger partial charge in [-0.25, -0.2) is 0 Å². The topological polar surface area (TPSA) is 43.8 Å². The SMILES string of the molecule is c1ccc2c(c1)Oc1ccccc1C21c2c(cc3c4c5c(ncc4n4c6ccc7c(c6c2c34)C2CC3CC(CC7C3)C2)C2CC3CC(C2)CC5C3)-c2cc3c4c5c(ccc4n4c6cnc7c(c6c(c21)c34)C1CC2CC(CC7C2)C1)C1CC2CC(C1)CC5C2. The van der Waals surface area contributed by atoms with Crippen LogP contribution in [-0.2, 0) is 5.41 Å². The number of aromatic nitrogens is 4. The van der Waals surface area contributed by atoms with E-state index in [9.17, 15) is 0 Å². The summed E-state index contributed by atoms with van der Waals surface area (Å²) in [5.74, 6) is 13.4. The van der Waals surface area contributed by atoms with Gasteiger partial charge in [-0.2, -0.15) is 0 Å². The smallest absolute Gasteiger partial charge is 0.132 e. The maximum Gasteiger partial charge on any atom is 0.132 e. The minimum atomic E-state index is -0.709. The molecule has 8 unspecified atom stereocenters. The molecule has 17 aliphatic carbocycles. The molecule has 12 aromatic rings. The highest BCUT2D eigenvalue weighted by molar-refractivity contribution is 6.33. The van der Waals surface area contributed by atoms with Crippen LogP contribution in [0.1, 0.15) is 243 Å². The minimum absolute atomic E-state index is 0.528. The summed E-state index contributed by atoms with van der Waals surface area (Å²) in [6.07, 6.45) is 32.1. The Morgan fingerprint density at radius 2 is 0.705 bits per heavy atom. The Morgan fingerprint density at radius 1 is 0.341 bits per heavy atom. The summed E-state index contributed by atoms with van der Waals surface area (Å²) >= 11 is 0. The van der Waals surface area contributed by atoms with Crippen LogP contribution in [0.15, 0.2) is 97.3 Å². The molecule has 0 saturated heterocycles. The number of fused-ring (bicyclic) bond motifs is 23. The van der Waals surface area contributed by atoms with Crippen LogP contribution in [0.3, 0.4) is 0 Å². The van der Waals surface area contributed by atoms with Gasteiger partial charge in [0.05, 0.1) is 50.9 Å². The van der Waals surface area contributed by atoms with Gasteiger partial charge >= 0.3 is 0 Å². The van der Waals surface area contributed by atoms with E-state index in [0.29, 0.717) is 47.3 Å². The lowest BCUT2D eigenvalue weighted by molar-refractivity contribution is 0.165. The summed E-state index contributed by atoms with van der Waals surface area (Å²) in [5, 5.41) is 12.4. The van der Waals surface area contributed by atoms with E-state index in [1.165, 1.54) is 211 Å². The second-order valence-electron chi connectivity index (χ2n) is 33.4. The van der Waals surface area contributed by atoms with Gasteiger partial charge in [0.1, 0.15) is 11.5 Å². The first-order chi connectivity index (χ1) is 43.5. The zero-order chi connectivity index (χ0) is 55.8. The molecule has 0 amide bonds. The van der Waals surface area contributed by atoms with Gasteiger partial charge in [-0.15, -0.1) is 0 Å². The van der Waals surface area contributed by atoms with Crippen LogP contribution in [0.5, 0.6) is 11.5 Å². The number of para-hydroxylation sites is 2. The van der Waals surface area contributed by atoms with Gasteiger partial charge in [0.15, 0.2) is 0 Å². The zero-order valence-corrected chi connectivity index (χ0v) is 50.3. The van der Waals surface area contributed by atoms with Crippen molar-refractivity contribution in [2.45, 2.75) is 181 Å². The first-order valence-electron chi connectivity index (χ1n) is 35.8. The summed E-state index contributed by atoms with van der Waals surface area (Å²) in [4.78, 5) is 11.8. The Bertz CT molecular complexity index is 4940. The second kappa shape index (κ2) is 15.1. The van der Waals surface area contributed by atoms with Gasteiger partial charge < -0.3 is 13.5 Å². The lowest BCUT2D eigenvalue weighted by atomic mass is 9.64. The van der Waals surface area contributed by atoms with E-state index in [-0.39, 0.29) is 0 Å². The van der Waals surface area contributed by atoms with Gasteiger partial charge in [0, 0.05) is 77.4 Å². The monoisotopic (exact) mass is 1140 g/mol. The standard InChI is InChI=1S/C83H72N4O/c1-3-7-65-59(5-1)83(60-6-2-4-8-66(60)88-65)77-56(34-58-72-63(35-84-79-51-29-41-15-42(30-51)26-49(25-41)69(72)79)87-62-12-10-54-46-19-39-14-40(20-46)24-48(23-39)68(54)73(62)75(77)82(58)87)55-33-57-71-61(11-9-53-45-17-37-13-38(18-45)22-47(21-37)67(53)71)86-64-36-85-80-52-31-43-16-44(32-52)28-50(27-43)70(80)74(64)76(78(55)83)81(57)86/h1-12,33-52H,13-32H2. The molecule has 8 saturated carbocycles. The normalized spacial score (nSPS) is 34.5. The van der Waals surface area contributed by atoms with Crippen molar-refractivity contribution in [3.05, 3.63) is 164 Å². The summed E-state index contributed by atoms with van der Waals surface area (Å²) in [6.45, 7) is 0. The minimum Gasteiger partial charge on any atom is -0.457 e. The molecule has 8 atom stereocenters. The molecule has 8 fully saturated rings. The van der Waals surface area contributed by atoms with Crippen molar-refractivity contribution in [1.82, 2.24) is 18.8 Å². The van der Waals surface area contributed by atoms with Gasteiger partial charge in [-0.3, -0.25) is 9.97 Å². The average molecular weight is 1140 g/mol. The quantitative estimate of drug-likeness (QED) is 0.152. The number of benzene rings is 6. The van der Waals surface area contributed by atoms with Crippen molar-refractivity contribution in [2.75, 3.05) is 0 Å². The third-order valence-electron chi connectivity index (χ3n) is 29.5. The van der Waals surface area contributed by atoms with Crippen molar-refractivity contribution in [3.63, 3.8) is 0 Å². The van der Waals surface area contributed by atoms with E-state index < -0.39 is 5.41 Å². The van der Waals surface area contributed by atoms with E-state index in [1.54, 1.807) is 71.3 Å². The van der Waals surface area contributed by atoms with Crippen molar-refractivity contribution < 1.29 is 4.74 Å². The molecule has 16 bridgehead atoms. The van der Waals surface area contributed by atoms with Crippen LogP contribution < -0.4 is 4.74 Å². The van der Waals surface area contributed by atoms with Gasteiger partial charge in [-0.1, -0.05) is 48.5 Å². The van der Waals surface area contributed by atoms with Gasteiger partial charge in [0.2, 0.25) is 0 Å². The zero-order valence-electron chi connectivity index (χ0n) is 50.3. The summed E-state index contributed by atoms with van der Waals surface area (Å²) in [6, 6.07) is 35.5. The molecule has 88 heavy (non-hydrogen) atoms. The molecule has 30 rings (SSSR count). The molecule has 0 N–H and O–H groups in total. The predicted octanol–water partition coefficient (Wildman–Crippen LogP) is 20.8. The fourth-order valence-corrected chi connectivity index (χ4v) is 27.8. The molecule has 6 aromatic heterocycles. The van der Waals surface area contributed by atoms with Crippen molar-refractivity contribution in [1.29, 1.82) is 0 Å². The van der Waals surface area contributed by atoms with E-state index in [4.69, 9.17) is 14.7 Å². The Hall–Kier alpha value is -6.98. The molecule has 0 radical (unpaired) electrons. The van der Waals surface area contributed by atoms with Crippen LogP contribution in [0.2, 0.25) is 0 Å². The Kier molecular flexibility index (Phi) is 7.91. The first kappa shape index (κ1) is 46.2. The lowest BCUT2D eigenvalue weighted by Gasteiger charge is -2.40. The Morgan fingerprint density at radius 3 is 1.18 bits per heavy atom. The van der Waals surface area contributed by atoms with Crippen molar-refractivity contribution in [2.24, 2.45) is 47.3 Å². The number of hydrogen-bond donors (Lipinski definition) is 0. The van der Waals surface area contributed by atoms with Crippen LogP contribution in [-0.4, -0.2) is 18.8 Å². The summed E-state index contributed by atoms with van der Waals surface area (Å²) < 4.78 is 13.2. The number of nitrogens with zero attached hydrogens (tertiary/aromatic N) is 4. The number of rotatable bonds is 0. The maximum absolute atomic E-state index is 7.46. The number of hydrogen-bond acceptors (Lipinski definition) is 3. The van der Waals surface area contributed by atoms with Gasteiger partial charge in [-0.05, 0) is 303 Å². The molecule has 430 valence electrons. The third kappa shape index (κ3) is 5.10. The molecule has 18 aliphatic rings. The maximum atomic E-state index is 7.46. The van der Waals surface area contributed by atoms with Crippen LogP contribution >= 0.6 is 0 Å². The van der Waals surface area contributed by atoms with Crippen LogP contribution in [0.25, 0.3) is 87.3 Å². The molecule has 7 heterocycles. The molecule has 6 aromatic carbocycles. The fraction of sp³-hybridized carbons (Fsp3) is 0.446. The molecular weight excluding hydrogens is 1070 g/mol. The summed E-state index contributed by atoms with van der Waals surface area (Å²) in [5.41, 5.74) is 29.7. The highest BCUT2D eigenvalue weighted by Gasteiger charge is 2.57. The molecule has 1 aliphatic heterocycles. The van der Waals surface area contributed by atoms with E-state index in [0.717, 1.165) is 58.8 Å². The Labute approximate surface area is 512 Å². The van der Waals surface area contributed by atoms with Crippen molar-refractivity contribution in [3.8, 4) is 22.6 Å². The van der Waals surface area contributed by atoms with Crippen molar-refractivity contribution >= 4 is 76.2 Å². The average Bonchev–Trinajstić information content (AvgIpc) is 1.62. The molecule has 1 spiro atoms. The largest absolute Gasteiger partial charge is 0.457 e. The van der Waals surface area contributed by atoms with E-state index >= 15 is 0 Å². The van der Waals surface area contributed by atoms with Crippen LogP contribution in [0.4, 0.5) is 0 Å². The second-order valence-corrected chi connectivity index (χ2v) is 33.4. The molecule has 5 heteroatoms. The Balaban J connectivity index is 0.922. The highest BCUT2D eigenvalue weighted by Crippen LogP contribution is 2.71. The van der Waals surface area contributed by atoms with Gasteiger partial charge in [0.25, 0.3) is 0 Å². The van der Waals surface area contributed by atoms with E-state index in [1.807, 2.05) is 0 Å². The van der Waals surface area contributed by atoms with E-state index in [2.05, 4.69) is 106 Å². The lowest BCUT2D eigenvalue weighted by Crippen LogP contribution is -2.32. The fourth-order valence-electron chi connectivity index (χ4n) is 27.8. The molecule has 5 nitrogen and oxygen atoms in total. The molecular formula is C83H72N4O. The summed E-state index contributed by atoms with van der Waals surface area (Å²) in [7, 11) is 0. The number of pyridine rings is 2. The predicted molar refractivity (Wildman–Crippen MR) is 351 cm³/mol. The first-order valence-corrected chi connectivity index (χ1v) is 35.8. The third-order valence-corrected chi connectivity index (χ3v) is 29.5. The number of ether oxygens (including phenoxy) is 1. The highest BCUT2D eigenvalue weighted by atomic mass is 16.5. The van der Waals surface area contributed by atoms with Crippen LogP contribution in [0, 0.1) is 47.3 Å².